The first-order chi connectivity index (χ1) is 7.56. The van der Waals surface area contributed by atoms with E-state index < -0.39 is 0 Å². The normalized spacial score (nSPS) is 10.0. The Bertz CT molecular complexity index is 443. The van der Waals surface area contributed by atoms with Crippen LogP contribution < -0.4 is 0 Å². The second kappa shape index (κ2) is 5.38. The molecule has 0 aliphatic heterocycles. The van der Waals surface area contributed by atoms with Gasteiger partial charge in [-0.15, -0.1) is 0 Å². The summed E-state index contributed by atoms with van der Waals surface area (Å²) in [7, 11) is 0. The smallest absolute Gasteiger partial charge is 0.240 e. The lowest BCUT2D eigenvalue weighted by atomic mass is 9.97. The summed E-state index contributed by atoms with van der Waals surface area (Å²) in [4.78, 5) is 25.4. The lowest BCUT2D eigenvalue weighted by Crippen LogP contribution is -2.10. The van der Waals surface area contributed by atoms with Crippen LogP contribution in [-0.4, -0.2) is 11.9 Å². The number of carbonyl (C=O) groups is 1. The zero-order valence-electron chi connectivity index (χ0n) is 9.78. The van der Waals surface area contributed by atoms with Crippen LogP contribution in [0, 0.1) is 12.8 Å². The van der Waals surface area contributed by atoms with Crippen molar-refractivity contribution in [3.63, 3.8) is 0 Å². The highest BCUT2D eigenvalue weighted by atomic mass is 16.1. The molecule has 84 valence electrons. The molecule has 3 nitrogen and oxygen atoms in total. The minimum atomic E-state index is 0.0256. The Kier molecular flexibility index (Phi) is 4.15. The molecule has 0 amide bonds. The molecule has 1 aromatic carbocycles. The Labute approximate surface area is 95.2 Å². The van der Waals surface area contributed by atoms with Crippen LogP contribution >= 0.6 is 0 Å². The van der Waals surface area contributed by atoms with Gasteiger partial charge < -0.3 is 0 Å². The zero-order chi connectivity index (χ0) is 12.1. The van der Waals surface area contributed by atoms with Crippen molar-refractivity contribution in [1.82, 2.24) is 0 Å². The number of Topliss-reactive ketones (excluding diaryl/α,β-unsaturated/α-hetero) is 1. The summed E-state index contributed by atoms with van der Waals surface area (Å²) in [5.74, 6) is 0.216. The molecule has 0 radical (unpaired) electrons. The summed E-state index contributed by atoms with van der Waals surface area (Å²) < 4.78 is 0. The van der Waals surface area contributed by atoms with Crippen molar-refractivity contribution in [2.75, 3.05) is 0 Å². The van der Waals surface area contributed by atoms with Gasteiger partial charge in [-0.05, 0) is 24.1 Å². The van der Waals surface area contributed by atoms with Gasteiger partial charge in [0.15, 0.2) is 0 Å². The molecule has 0 unspecified atom stereocenters. The van der Waals surface area contributed by atoms with Gasteiger partial charge in [-0.25, -0.2) is 4.79 Å². The Morgan fingerprint density at radius 3 is 2.69 bits per heavy atom. The average molecular weight is 217 g/mol. The van der Waals surface area contributed by atoms with E-state index in [9.17, 15) is 9.59 Å². The number of rotatable bonds is 4. The lowest BCUT2D eigenvalue weighted by Gasteiger charge is -2.08. The summed E-state index contributed by atoms with van der Waals surface area (Å²) in [6, 6.07) is 5.43. The Hall–Kier alpha value is -1.73. The van der Waals surface area contributed by atoms with Crippen molar-refractivity contribution >= 4 is 17.6 Å². The number of aliphatic imine (C=N–C) groups is 1. The number of benzene rings is 1. The van der Waals surface area contributed by atoms with E-state index in [2.05, 4.69) is 4.99 Å². The second-order valence-electron chi connectivity index (χ2n) is 4.06. The largest absolute Gasteiger partial charge is 0.299 e. The summed E-state index contributed by atoms with van der Waals surface area (Å²) in [6.07, 6.45) is 1.91. The van der Waals surface area contributed by atoms with Crippen LogP contribution in [0.25, 0.3) is 0 Å². The number of ketones is 1. The summed E-state index contributed by atoms with van der Waals surface area (Å²) in [5.41, 5.74) is 2.39. The number of hydrogen-bond donors (Lipinski definition) is 0. The second-order valence-corrected chi connectivity index (χ2v) is 4.06. The Morgan fingerprint density at radius 1 is 1.44 bits per heavy atom. The van der Waals surface area contributed by atoms with E-state index in [4.69, 9.17) is 0 Å². The maximum Gasteiger partial charge on any atom is 0.240 e. The van der Waals surface area contributed by atoms with E-state index in [0.29, 0.717) is 12.1 Å². The molecule has 1 rings (SSSR count). The maximum atomic E-state index is 11.6. The molecular weight excluding hydrogens is 202 g/mol. The molecule has 3 heteroatoms. The van der Waals surface area contributed by atoms with Gasteiger partial charge >= 0.3 is 0 Å². The van der Waals surface area contributed by atoms with Gasteiger partial charge in [-0.1, -0.05) is 26.0 Å². The topological polar surface area (TPSA) is 46.5 Å². The first-order valence-electron chi connectivity index (χ1n) is 5.25. The molecular formula is C13H15NO2. The van der Waals surface area contributed by atoms with Crippen molar-refractivity contribution in [2.45, 2.75) is 27.2 Å². The standard InChI is InChI=1S/C13H15NO2/c1-9(2)13(16)7-11-5-4-6-12(10(11)3)14-8-15/h4-6,9H,7H2,1-3H3. The van der Waals surface area contributed by atoms with Crippen molar-refractivity contribution in [3.8, 4) is 0 Å². The molecule has 0 bridgehead atoms. The monoisotopic (exact) mass is 217 g/mol. The third-order valence-corrected chi connectivity index (χ3v) is 2.59. The van der Waals surface area contributed by atoms with Crippen LogP contribution in [0.4, 0.5) is 5.69 Å². The molecule has 0 N–H and O–H groups in total. The predicted octanol–water partition coefficient (Wildman–Crippen LogP) is 2.73. The number of hydrogen-bond acceptors (Lipinski definition) is 3. The third-order valence-electron chi connectivity index (χ3n) is 2.59. The van der Waals surface area contributed by atoms with E-state index >= 15 is 0 Å². The van der Waals surface area contributed by atoms with Gasteiger partial charge in [-0.3, -0.25) is 4.79 Å². The molecule has 16 heavy (non-hydrogen) atoms. The van der Waals surface area contributed by atoms with Crippen molar-refractivity contribution in [2.24, 2.45) is 10.9 Å². The van der Waals surface area contributed by atoms with E-state index in [-0.39, 0.29) is 11.7 Å². The highest BCUT2D eigenvalue weighted by Gasteiger charge is 2.11. The van der Waals surface area contributed by atoms with E-state index in [1.165, 1.54) is 6.08 Å². The van der Waals surface area contributed by atoms with Crippen LogP contribution in [0.2, 0.25) is 0 Å². The van der Waals surface area contributed by atoms with Crippen molar-refractivity contribution in [3.05, 3.63) is 29.3 Å². The third kappa shape index (κ3) is 2.88. The van der Waals surface area contributed by atoms with Crippen molar-refractivity contribution < 1.29 is 9.59 Å². The molecule has 0 heterocycles. The van der Waals surface area contributed by atoms with Gasteiger partial charge in [0.05, 0.1) is 5.69 Å². The number of nitrogens with zero attached hydrogens (tertiary/aromatic N) is 1. The van der Waals surface area contributed by atoms with Crippen LogP contribution in [0.5, 0.6) is 0 Å². The molecule has 1 aromatic rings. The van der Waals surface area contributed by atoms with Gasteiger partial charge in [0.1, 0.15) is 5.78 Å². The Balaban J connectivity index is 3.02. The summed E-state index contributed by atoms with van der Waals surface area (Å²) in [5, 5.41) is 0. The van der Waals surface area contributed by atoms with E-state index in [0.717, 1.165) is 11.1 Å². The molecule has 0 saturated heterocycles. The van der Waals surface area contributed by atoms with Gasteiger partial charge in [0.25, 0.3) is 0 Å². The van der Waals surface area contributed by atoms with Crippen LogP contribution in [0.3, 0.4) is 0 Å². The molecule has 0 atom stereocenters. The summed E-state index contributed by atoms with van der Waals surface area (Å²) in [6.45, 7) is 5.62. The molecule has 0 aliphatic carbocycles. The minimum absolute atomic E-state index is 0.0256. The van der Waals surface area contributed by atoms with Gasteiger partial charge in [0.2, 0.25) is 6.08 Å². The highest BCUT2D eigenvalue weighted by molar-refractivity contribution is 5.83. The van der Waals surface area contributed by atoms with Crippen LogP contribution in [0.15, 0.2) is 23.2 Å². The fourth-order valence-corrected chi connectivity index (χ4v) is 1.42. The quantitative estimate of drug-likeness (QED) is 0.575. The molecule has 0 aliphatic rings. The van der Waals surface area contributed by atoms with Crippen molar-refractivity contribution in [1.29, 1.82) is 0 Å². The number of isocyanates is 1. The molecule has 0 spiro atoms. The number of carbonyl (C=O) groups excluding carboxylic acids is 2. The molecule has 0 aromatic heterocycles. The first-order valence-corrected chi connectivity index (χ1v) is 5.25. The first kappa shape index (κ1) is 12.3. The van der Waals surface area contributed by atoms with E-state index in [1.807, 2.05) is 26.8 Å². The van der Waals surface area contributed by atoms with Gasteiger partial charge in [-0.2, -0.15) is 4.99 Å². The Morgan fingerprint density at radius 2 is 2.12 bits per heavy atom. The fourth-order valence-electron chi connectivity index (χ4n) is 1.42. The van der Waals surface area contributed by atoms with E-state index in [1.54, 1.807) is 12.1 Å². The average Bonchev–Trinajstić information content (AvgIpc) is 2.24. The molecule has 0 saturated carbocycles. The molecule has 0 fully saturated rings. The highest BCUT2D eigenvalue weighted by Crippen LogP contribution is 2.22. The predicted molar refractivity (Wildman–Crippen MR) is 62.5 cm³/mol. The fraction of sp³-hybridized carbons (Fsp3) is 0.385. The van der Waals surface area contributed by atoms with Crippen LogP contribution in [-0.2, 0) is 16.0 Å². The van der Waals surface area contributed by atoms with Gasteiger partial charge in [0, 0.05) is 12.3 Å². The zero-order valence-corrected chi connectivity index (χ0v) is 9.78. The SMILES string of the molecule is Cc1c(CC(=O)C(C)C)cccc1N=C=O. The maximum absolute atomic E-state index is 11.6. The summed E-state index contributed by atoms with van der Waals surface area (Å²) >= 11 is 0. The van der Waals surface area contributed by atoms with Crippen LogP contribution in [0.1, 0.15) is 25.0 Å². The minimum Gasteiger partial charge on any atom is -0.299 e. The lowest BCUT2D eigenvalue weighted by molar-refractivity contribution is -0.121.